The van der Waals surface area contributed by atoms with Gasteiger partial charge in [0.05, 0.1) is 0 Å². The van der Waals surface area contributed by atoms with Gasteiger partial charge in [0.15, 0.2) is 5.58 Å². The van der Waals surface area contributed by atoms with Gasteiger partial charge in [-0.15, -0.1) is 0 Å². The van der Waals surface area contributed by atoms with Crippen molar-refractivity contribution in [3.05, 3.63) is 48.0 Å². The summed E-state index contributed by atoms with van der Waals surface area (Å²) in [5.74, 6) is -1.65. The molecule has 0 aliphatic carbocycles. The Morgan fingerprint density at radius 1 is 1.17 bits per heavy atom. The van der Waals surface area contributed by atoms with Crippen LogP contribution in [-0.2, 0) is 4.79 Å². The fourth-order valence-corrected chi connectivity index (χ4v) is 2.32. The molecule has 24 heavy (non-hydrogen) atoms. The molecule has 0 aliphatic heterocycles. The van der Waals surface area contributed by atoms with Crippen LogP contribution < -0.4 is 4.90 Å². The molecule has 3 aromatic rings. The van der Waals surface area contributed by atoms with Crippen molar-refractivity contribution >= 4 is 22.7 Å². The van der Waals surface area contributed by atoms with Gasteiger partial charge in [-0.2, -0.15) is 13.2 Å². The van der Waals surface area contributed by atoms with Crippen molar-refractivity contribution < 1.29 is 22.4 Å². The molecule has 1 aromatic heterocycles. The van der Waals surface area contributed by atoms with Gasteiger partial charge in [-0.1, -0.05) is 12.1 Å². The lowest BCUT2D eigenvalue weighted by atomic mass is 10.2. The average Bonchev–Trinajstić information content (AvgIpc) is 2.95. The molecule has 0 aliphatic rings. The van der Waals surface area contributed by atoms with E-state index in [2.05, 4.69) is 4.98 Å². The fourth-order valence-electron chi connectivity index (χ4n) is 2.32. The zero-order valence-electron chi connectivity index (χ0n) is 12.9. The first-order chi connectivity index (χ1) is 11.3. The van der Waals surface area contributed by atoms with Gasteiger partial charge in [0.25, 0.3) is 0 Å². The predicted octanol–water partition coefficient (Wildman–Crippen LogP) is 4.33. The second-order valence-electron chi connectivity index (χ2n) is 5.40. The standard InChI is InChI=1S/C17H13F3N2O2/c1-10-6-7-14-13(8-10)21-15(24-14)11-4-3-5-12(9-11)22(2)16(23)17(18,19)20/h3-9H,1-2H3. The smallest absolute Gasteiger partial charge is 0.436 e. The first-order valence-corrected chi connectivity index (χ1v) is 7.08. The summed E-state index contributed by atoms with van der Waals surface area (Å²) in [5, 5.41) is 0. The highest BCUT2D eigenvalue weighted by Gasteiger charge is 2.41. The Balaban J connectivity index is 1.99. The van der Waals surface area contributed by atoms with Crippen LogP contribution in [0.3, 0.4) is 0 Å². The largest absolute Gasteiger partial charge is 0.471 e. The summed E-state index contributed by atoms with van der Waals surface area (Å²) in [6.07, 6.45) is -4.93. The highest BCUT2D eigenvalue weighted by atomic mass is 19.4. The molecule has 0 atom stereocenters. The van der Waals surface area contributed by atoms with Crippen LogP contribution in [0.1, 0.15) is 5.56 Å². The maximum absolute atomic E-state index is 12.6. The molecule has 1 heterocycles. The molecule has 0 saturated heterocycles. The topological polar surface area (TPSA) is 46.3 Å². The van der Waals surface area contributed by atoms with Crippen molar-refractivity contribution in [2.24, 2.45) is 0 Å². The number of oxazole rings is 1. The van der Waals surface area contributed by atoms with Gasteiger partial charge in [-0.3, -0.25) is 4.79 Å². The number of anilines is 1. The minimum atomic E-state index is -4.93. The first-order valence-electron chi connectivity index (χ1n) is 7.08. The van der Waals surface area contributed by atoms with E-state index >= 15 is 0 Å². The number of benzene rings is 2. The number of amides is 1. The normalized spacial score (nSPS) is 11.7. The molecule has 0 bridgehead atoms. The Bertz CT molecular complexity index is 916. The molecular weight excluding hydrogens is 321 g/mol. The maximum atomic E-state index is 12.6. The number of carbonyl (C=O) groups excluding carboxylic acids is 1. The van der Waals surface area contributed by atoms with E-state index in [0.717, 1.165) is 12.6 Å². The molecule has 0 radical (unpaired) electrons. The molecule has 124 valence electrons. The predicted molar refractivity (Wildman–Crippen MR) is 83.6 cm³/mol. The number of alkyl halides is 3. The van der Waals surface area contributed by atoms with Crippen LogP contribution in [0.5, 0.6) is 0 Å². The number of fused-ring (bicyclic) bond motifs is 1. The molecule has 0 fully saturated rings. The van der Waals surface area contributed by atoms with Gasteiger partial charge < -0.3 is 9.32 Å². The Morgan fingerprint density at radius 2 is 1.92 bits per heavy atom. The van der Waals surface area contributed by atoms with Crippen molar-refractivity contribution in [3.63, 3.8) is 0 Å². The summed E-state index contributed by atoms with van der Waals surface area (Å²) in [6, 6.07) is 11.6. The third kappa shape index (κ3) is 2.97. The lowest BCUT2D eigenvalue weighted by Gasteiger charge is -2.19. The van der Waals surface area contributed by atoms with E-state index in [1.165, 1.54) is 12.1 Å². The van der Waals surface area contributed by atoms with E-state index in [1.807, 2.05) is 19.1 Å². The van der Waals surface area contributed by atoms with Gasteiger partial charge in [0.2, 0.25) is 5.89 Å². The molecule has 1 amide bonds. The Morgan fingerprint density at radius 3 is 2.62 bits per heavy atom. The number of hydrogen-bond donors (Lipinski definition) is 0. The fraction of sp³-hybridized carbons (Fsp3) is 0.176. The van der Waals surface area contributed by atoms with Crippen molar-refractivity contribution in [2.45, 2.75) is 13.1 Å². The van der Waals surface area contributed by atoms with Crippen LogP contribution in [0.2, 0.25) is 0 Å². The Kier molecular flexibility index (Phi) is 3.79. The molecule has 2 aromatic carbocycles. The Labute approximate surface area is 135 Å². The van der Waals surface area contributed by atoms with Crippen LogP contribution in [0, 0.1) is 6.92 Å². The summed E-state index contributed by atoms with van der Waals surface area (Å²) in [5.41, 5.74) is 2.86. The van der Waals surface area contributed by atoms with Crippen molar-refractivity contribution in [1.82, 2.24) is 4.98 Å². The SMILES string of the molecule is Cc1ccc2oc(-c3cccc(N(C)C(=O)C(F)(F)F)c3)nc2c1. The molecule has 4 nitrogen and oxygen atoms in total. The summed E-state index contributed by atoms with van der Waals surface area (Å²) < 4.78 is 43.3. The highest BCUT2D eigenvalue weighted by Crippen LogP contribution is 2.29. The molecule has 3 rings (SSSR count). The van der Waals surface area contributed by atoms with Crippen molar-refractivity contribution in [3.8, 4) is 11.5 Å². The van der Waals surface area contributed by atoms with Crippen molar-refractivity contribution in [1.29, 1.82) is 0 Å². The minimum absolute atomic E-state index is 0.105. The molecular formula is C17H13F3N2O2. The number of carbonyl (C=O) groups is 1. The zero-order valence-corrected chi connectivity index (χ0v) is 12.9. The molecule has 0 saturated carbocycles. The number of nitrogens with zero attached hydrogens (tertiary/aromatic N) is 2. The number of aromatic nitrogens is 1. The molecule has 0 N–H and O–H groups in total. The summed E-state index contributed by atoms with van der Waals surface area (Å²) >= 11 is 0. The molecule has 0 unspecified atom stereocenters. The third-order valence-corrected chi connectivity index (χ3v) is 3.57. The number of rotatable bonds is 2. The summed E-state index contributed by atoms with van der Waals surface area (Å²) in [4.78, 5) is 16.3. The van der Waals surface area contributed by atoms with Gasteiger partial charge in [-0.25, -0.2) is 4.98 Å². The minimum Gasteiger partial charge on any atom is -0.436 e. The van der Waals surface area contributed by atoms with Crippen molar-refractivity contribution in [2.75, 3.05) is 11.9 Å². The maximum Gasteiger partial charge on any atom is 0.471 e. The van der Waals surface area contributed by atoms with Gasteiger partial charge >= 0.3 is 12.1 Å². The van der Waals surface area contributed by atoms with E-state index < -0.39 is 12.1 Å². The molecule has 0 spiro atoms. The van der Waals surface area contributed by atoms with Crippen LogP contribution in [-0.4, -0.2) is 24.1 Å². The quantitative estimate of drug-likeness (QED) is 0.701. The lowest BCUT2D eigenvalue weighted by Crippen LogP contribution is -2.38. The second-order valence-corrected chi connectivity index (χ2v) is 5.40. The summed E-state index contributed by atoms with van der Waals surface area (Å²) in [7, 11) is 1.07. The Hall–Kier alpha value is -2.83. The monoisotopic (exact) mass is 334 g/mol. The van der Waals surface area contributed by atoms with E-state index in [4.69, 9.17) is 4.42 Å². The number of hydrogen-bond acceptors (Lipinski definition) is 3. The van der Waals surface area contributed by atoms with Crippen LogP contribution in [0.15, 0.2) is 46.9 Å². The van der Waals surface area contributed by atoms with Crippen LogP contribution in [0.25, 0.3) is 22.6 Å². The average molecular weight is 334 g/mol. The number of halogens is 3. The van der Waals surface area contributed by atoms with Crippen LogP contribution >= 0.6 is 0 Å². The van der Waals surface area contributed by atoms with E-state index in [-0.39, 0.29) is 11.6 Å². The lowest BCUT2D eigenvalue weighted by molar-refractivity contribution is -0.170. The van der Waals surface area contributed by atoms with Gasteiger partial charge in [-0.05, 0) is 42.8 Å². The second kappa shape index (κ2) is 5.67. The van der Waals surface area contributed by atoms with Crippen LogP contribution in [0.4, 0.5) is 18.9 Å². The number of aryl methyl sites for hydroxylation is 1. The van der Waals surface area contributed by atoms with Gasteiger partial charge in [0, 0.05) is 18.3 Å². The zero-order chi connectivity index (χ0) is 17.5. The third-order valence-electron chi connectivity index (χ3n) is 3.57. The molecule has 7 heteroatoms. The summed E-state index contributed by atoms with van der Waals surface area (Å²) in [6.45, 7) is 1.92. The first kappa shape index (κ1) is 16.0. The van der Waals surface area contributed by atoms with E-state index in [0.29, 0.717) is 21.6 Å². The highest BCUT2D eigenvalue weighted by molar-refractivity contribution is 5.97. The van der Waals surface area contributed by atoms with Gasteiger partial charge in [0.1, 0.15) is 5.52 Å². The van der Waals surface area contributed by atoms with E-state index in [9.17, 15) is 18.0 Å². The van der Waals surface area contributed by atoms with E-state index in [1.54, 1.807) is 18.2 Å².